The lowest BCUT2D eigenvalue weighted by Crippen LogP contribution is -2.45. The molecule has 1 aliphatic carbocycles. The highest BCUT2D eigenvalue weighted by molar-refractivity contribution is 5.78. The van der Waals surface area contributed by atoms with Crippen molar-refractivity contribution in [3.8, 4) is 0 Å². The third kappa shape index (κ3) is 2.24. The molecule has 1 rings (SSSR count). The van der Waals surface area contributed by atoms with Crippen LogP contribution in [0.5, 0.6) is 0 Å². The first-order valence-electron chi connectivity index (χ1n) is 6.38. The molecule has 94 valence electrons. The topological polar surface area (TPSA) is 35.5 Å². The zero-order valence-electron chi connectivity index (χ0n) is 10.9. The number of carbonyl (C=O) groups excluding carboxylic acids is 1. The van der Waals surface area contributed by atoms with Crippen molar-refractivity contribution >= 4 is 5.97 Å². The third-order valence-electron chi connectivity index (χ3n) is 3.68. The minimum absolute atomic E-state index is 0.0385. The molecule has 0 spiro atoms. The van der Waals surface area contributed by atoms with Gasteiger partial charge < -0.3 is 9.47 Å². The van der Waals surface area contributed by atoms with E-state index in [-0.39, 0.29) is 18.0 Å². The first-order valence-corrected chi connectivity index (χ1v) is 6.38. The zero-order valence-corrected chi connectivity index (χ0v) is 10.9. The molecule has 0 amide bonds. The van der Waals surface area contributed by atoms with Crippen LogP contribution in [-0.2, 0) is 14.3 Å². The number of esters is 1. The second kappa shape index (κ2) is 5.67. The van der Waals surface area contributed by atoms with E-state index < -0.39 is 5.41 Å². The maximum Gasteiger partial charge on any atom is 0.314 e. The first kappa shape index (κ1) is 13.5. The predicted octanol–water partition coefficient (Wildman–Crippen LogP) is 2.78. The summed E-state index contributed by atoms with van der Waals surface area (Å²) < 4.78 is 11.0. The molecule has 2 atom stereocenters. The Labute approximate surface area is 98.5 Å². The van der Waals surface area contributed by atoms with Crippen molar-refractivity contribution in [1.29, 1.82) is 0 Å². The number of rotatable bonds is 5. The van der Waals surface area contributed by atoms with Crippen LogP contribution in [-0.4, -0.2) is 25.3 Å². The number of ether oxygens (including phenoxy) is 2. The minimum Gasteiger partial charge on any atom is -0.465 e. The number of hydrogen-bond acceptors (Lipinski definition) is 3. The molecule has 0 aromatic heterocycles. The van der Waals surface area contributed by atoms with Crippen LogP contribution in [0.3, 0.4) is 0 Å². The molecule has 0 radical (unpaired) electrons. The van der Waals surface area contributed by atoms with Crippen LogP contribution < -0.4 is 0 Å². The minimum atomic E-state index is -0.411. The highest BCUT2D eigenvalue weighted by Gasteiger charge is 2.52. The molecule has 0 N–H and O–H groups in total. The SMILES string of the molecule is CCOC(=O)C1(C(C)C)CCCC1OCC. The molecule has 0 saturated heterocycles. The van der Waals surface area contributed by atoms with Crippen LogP contribution >= 0.6 is 0 Å². The first-order chi connectivity index (χ1) is 7.59. The van der Waals surface area contributed by atoms with Gasteiger partial charge in [0.2, 0.25) is 0 Å². The molecular formula is C13H24O3. The van der Waals surface area contributed by atoms with Crippen LogP contribution in [0, 0.1) is 11.3 Å². The van der Waals surface area contributed by atoms with Crippen molar-refractivity contribution in [1.82, 2.24) is 0 Å². The highest BCUT2D eigenvalue weighted by atomic mass is 16.5. The van der Waals surface area contributed by atoms with Crippen molar-refractivity contribution < 1.29 is 14.3 Å². The Hall–Kier alpha value is -0.570. The van der Waals surface area contributed by atoms with Gasteiger partial charge in [0, 0.05) is 6.61 Å². The largest absolute Gasteiger partial charge is 0.465 e. The van der Waals surface area contributed by atoms with E-state index in [1.165, 1.54) is 0 Å². The van der Waals surface area contributed by atoms with E-state index in [0.29, 0.717) is 13.2 Å². The molecule has 2 unspecified atom stereocenters. The maximum absolute atomic E-state index is 12.2. The molecule has 1 fully saturated rings. The van der Waals surface area contributed by atoms with Gasteiger partial charge in [-0.3, -0.25) is 4.79 Å². The van der Waals surface area contributed by atoms with Gasteiger partial charge in [0.15, 0.2) is 0 Å². The number of hydrogen-bond donors (Lipinski definition) is 0. The Kier molecular flexibility index (Phi) is 4.78. The maximum atomic E-state index is 12.2. The zero-order chi connectivity index (χ0) is 12.2. The van der Waals surface area contributed by atoms with Gasteiger partial charge in [-0.15, -0.1) is 0 Å². The summed E-state index contributed by atoms with van der Waals surface area (Å²) in [6.07, 6.45) is 2.97. The summed E-state index contributed by atoms with van der Waals surface area (Å²) in [6, 6.07) is 0. The van der Waals surface area contributed by atoms with Gasteiger partial charge in [-0.25, -0.2) is 0 Å². The summed E-state index contributed by atoms with van der Waals surface area (Å²) >= 11 is 0. The summed E-state index contributed by atoms with van der Waals surface area (Å²) in [5.41, 5.74) is -0.411. The van der Waals surface area contributed by atoms with Gasteiger partial charge in [0.05, 0.1) is 18.1 Å². The molecule has 0 aromatic carbocycles. The normalized spacial score (nSPS) is 29.7. The molecule has 0 heterocycles. The monoisotopic (exact) mass is 228 g/mol. The van der Waals surface area contributed by atoms with E-state index in [0.717, 1.165) is 19.3 Å². The molecular weight excluding hydrogens is 204 g/mol. The lowest BCUT2D eigenvalue weighted by atomic mass is 9.74. The number of carbonyl (C=O) groups is 1. The fourth-order valence-electron chi connectivity index (χ4n) is 2.83. The summed E-state index contributed by atoms with van der Waals surface area (Å²) in [5, 5.41) is 0. The van der Waals surface area contributed by atoms with E-state index in [4.69, 9.17) is 9.47 Å². The Morgan fingerprint density at radius 3 is 2.56 bits per heavy atom. The van der Waals surface area contributed by atoms with Crippen LogP contribution in [0.2, 0.25) is 0 Å². The van der Waals surface area contributed by atoms with Crippen molar-refractivity contribution in [2.75, 3.05) is 13.2 Å². The van der Waals surface area contributed by atoms with Crippen molar-refractivity contribution in [2.45, 2.75) is 53.1 Å². The van der Waals surface area contributed by atoms with E-state index >= 15 is 0 Å². The summed E-state index contributed by atoms with van der Waals surface area (Å²) in [6.45, 7) is 9.14. The van der Waals surface area contributed by atoms with Crippen molar-refractivity contribution in [3.63, 3.8) is 0 Å². The Morgan fingerprint density at radius 1 is 1.38 bits per heavy atom. The fourth-order valence-corrected chi connectivity index (χ4v) is 2.83. The molecule has 0 bridgehead atoms. The van der Waals surface area contributed by atoms with Gasteiger partial charge in [-0.1, -0.05) is 13.8 Å². The molecule has 0 aliphatic heterocycles. The van der Waals surface area contributed by atoms with Gasteiger partial charge in [0.1, 0.15) is 0 Å². The molecule has 16 heavy (non-hydrogen) atoms. The van der Waals surface area contributed by atoms with Gasteiger partial charge in [0.25, 0.3) is 0 Å². The Balaban J connectivity index is 2.90. The van der Waals surface area contributed by atoms with Crippen LogP contribution in [0.15, 0.2) is 0 Å². The highest BCUT2D eigenvalue weighted by Crippen LogP contribution is 2.47. The lowest BCUT2D eigenvalue weighted by molar-refractivity contribution is -0.168. The molecule has 3 heteroatoms. The quantitative estimate of drug-likeness (QED) is 0.679. The van der Waals surface area contributed by atoms with E-state index in [2.05, 4.69) is 13.8 Å². The second-order valence-electron chi connectivity index (χ2n) is 4.75. The Bertz CT molecular complexity index is 237. The van der Waals surface area contributed by atoms with Crippen LogP contribution in [0.4, 0.5) is 0 Å². The van der Waals surface area contributed by atoms with E-state index in [1.807, 2.05) is 13.8 Å². The summed E-state index contributed by atoms with van der Waals surface area (Å²) in [4.78, 5) is 12.2. The molecule has 1 saturated carbocycles. The average molecular weight is 228 g/mol. The summed E-state index contributed by atoms with van der Waals surface area (Å²) in [7, 11) is 0. The predicted molar refractivity (Wildman–Crippen MR) is 63.2 cm³/mol. The van der Waals surface area contributed by atoms with E-state index in [9.17, 15) is 4.79 Å². The lowest BCUT2D eigenvalue weighted by Gasteiger charge is -2.36. The second-order valence-corrected chi connectivity index (χ2v) is 4.75. The third-order valence-corrected chi connectivity index (χ3v) is 3.68. The van der Waals surface area contributed by atoms with Crippen LogP contribution in [0.1, 0.15) is 47.0 Å². The van der Waals surface area contributed by atoms with Gasteiger partial charge >= 0.3 is 5.97 Å². The van der Waals surface area contributed by atoms with E-state index in [1.54, 1.807) is 0 Å². The average Bonchev–Trinajstić information content (AvgIpc) is 2.63. The standard InChI is InChI=1S/C13H24O3/c1-5-15-11-8-7-9-13(11,10(3)4)12(14)16-6-2/h10-11H,5-9H2,1-4H3. The Morgan fingerprint density at radius 2 is 2.06 bits per heavy atom. The summed E-state index contributed by atoms with van der Waals surface area (Å²) in [5.74, 6) is 0.201. The van der Waals surface area contributed by atoms with Crippen LogP contribution in [0.25, 0.3) is 0 Å². The van der Waals surface area contributed by atoms with Crippen molar-refractivity contribution in [3.05, 3.63) is 0 Å². The molecule has 3 nitrogen and oxygen atoms in total. The molecule has 1 aliphatic rings. The van der Waals surface area contributed by atoms with Gasteiger partial charge in [-0.2, -0.15) is 0 Å². The van der Waals surface area contributed by atoms with Gasteiger partial charge in [-0.05, 0) is 39.0 Å². The smallest absolute Gasteiger partial charge is 0.314 e. The fraction of sp³-hybridized carbons (Fsp3) is 0.923. The molecule has 0 aromatic rings. The van der Waals surface area contributed by atoms with Crippen molar-refractivity contribution in [2.24, 2.45) is 11.3 Å².